The van der Waals surface area contributed by atoms with Gasteiger partial charge in [0.2, 0.25) is 0 Å². The van der Waals surface area contributed by atoms with Crippen LogP contribution in [0.1, 0.15) is 43.4 Å². The highest BCUT2D eigenvalue weighted by atomic mass is 32.2. The lowest BCUT2D eigenvalue weighted by molar-refractivity contribution is -0.143. The van der Waals surface area contributed by atoms with Gasteiger partial charge in [-0.25, -0.2) is 13.2 Å². The summed E-state index contributed by atoms with van der Waals surface area (Å²) in [6.45, 7) is 5.33. The maximum atomic E-state index is 13.1. The Labute approximate surface area is 154 Å². The average molecular weight is 380 g/mol. The Balaban J connectivity index is 2.43. The van der Waals surface area contributed by atoms with E-state index in [4.69, 9.17) is 9.47 Å². The fourth-order valence-electron chi connectivity index (χ4n) is 2.77. The zero-order valence-electron chi connectivity index (χ0n) is 14.8. The average Bonchev–Trinajstić information content (AvgIpc) is 2.62. The molecule has 0 aromatic heterocycles. The molecule has 1 saturated heterocycles. The molecule has 1 aliphatic heterocycles. The standard InChI is InChI=1S/C19H24O6S/c1-14-17(16-10-6-5-7-11-16)26(22,23)15(2)19(21)25-13-9-4-3-8-12-24-18(14)20/h5-7,10-11,15,17H,1,3-4,8-9,12-13H2,2H3. The monoisotopic (exact) mass is 380 g/mol. The van der Waals surface area contributed by atoms with Crippen molar-refractivity contribution in [3.05, 3.63) is 48.0 Å². The smallest absolute Gasteiger partial charge is 0.335 e. The molecule has 0 saturated carbocycles. The molecule has 1 fully saturated rings. The molecule has 0 aliphatic carbocycles. The van der Waals surface area contributed by atoms with Gasteiger partial charge < -0.3 is 9.47 Å². The lowest BCUT2D eigenvalue weighted by Gasteiger charge is -2.23. The van der Waals surface area contributed by atoms with E-state index in [2.05, 4.69) is 6.58 Å². The van der Waals surface area contributed by atoms with Crippen molar-refractivity contribution in [3.63, 3.8) is 0 Å². The van der Waals surface area contributed by atoms with Gasteiger partial charge in [0, 0.05) is 0 Å². The van der Waals surface area contributed by atoms with E-state index in [1.165, 1.54) is 6.92 Å². The predicted molar refractivity (Wildman–Crippen MR) is 97.1 cm³/mol. The van der Waals surface area contributed by atoms with Crippen molar-refractivity contribution in [2.24, 2.45) is 0 Å². The quantitative estimate of drug-likeness (QED) is 0.550. The zero-order chi connectivity index (χ0) is 19.2. The van der Waals surface area contributed by atoms with E-state index in [0.29, 0.717) is 18.4 Å². The first-order valence-electron chi connectivity index (χ1n) is 8.66. The second kappa shape index (κ2) is 8.98. The fourth-order valence-corrected chi connectivity index (χ4v) is 4.54. The summed E-state index contributed by atoms with van der Waals surface area (Å²) in [4.78, 5) is 24.6. The van der Waals surface area contributed by atoms with Crippen molar-refractivity contribution in [1.29, 1.82) is 0 Å². The van der Waals surface area contributed by atoms with E-state index in [-0.39, 0.29) is 18.8 Å². The number of esters is 2. The number of hydrogen-bond donors (Lipinski definition) is 0. The van der Waals surface area contributed by atoms with Gasteiger partial charge in [-0.3, -0.25) is 4.79 Å². The van der Waals surface area contributed by atoms with Gasteiger partial charge in [0.05, 0.1) is 18.8 Å². The van der Waals surface area contributed by atoms with Crippen LogP contribution in [0.4, 0.5) is 0 Å². The zero-order valence-corrected chi connectivity index (χ0v) is 15.7. The molecule has 0 spiro atoms. The van der Waals surface area contributed by atoms with Gasteiger partial charge in [-0.1, -0.05) is 36.9 Å². The van der Waals surface area contributed by atoms with E-state index < -0.39 is 32.3 Å². The third kappa shape index (κ3) is 4.72. The van der Waals surface area contributed by atoms with E-state index in [9.17, 15) is 18.0 Å². The van der Waals surface area contributed by atoms with Gasteiger partial charge in [-0.15, -0.1) is 0 Å². The first kappa shape index (κ1) is 20.2. The molecule has 26 heavy (non-hydrogen) atoms. The first-order chi connectivity index (χ1) is 12.4. The number of sulfone groups is 1. The number of ether oxygens (including phenoxy) is 2. The molecule has 1 heterocycles. The topological polar surface area (TPSA) is 86.7 Å². The second-order valence-corrected chi connectivity index (χ2v) is 8.62. The molecule has 0 radical (unpaired) electrons. The van der Waals surface area contributed by atoms with Crippen molar-refractivity contribution < 1.29 is 27.5 Å². The highest BCUT2D eigenvalue weighted by Crippen LogP contribution is 2.33. The van der Waals surface area contributed by atoms with Crippen molar-refractivity contribution >= 4 is 21.8 Å². The molecule has 1 aromatic rings. The highest BCUT2D eigenvalue weighted by Gasteiger charge is 2.41. The first-order valence-corrected chi connectivity index (χ1v) is 10.3. The molecule has 142 valence electrons. The lowest BCUT2D eigenvalue weighted by atomic mass is 10.1. The molecular formula is C19H24O6S. The van der Waals surface area contributed by atoms with Crippen LogP contribution in [0.5, 0.6) is 0 Å². The largest absolute Gasteiger partial charge is 0.465 e. The van der Waals surface area contributed by atoms with Crippen LogP contribution in [0.2, 0.25) is 0 Å². The summed E-state index contributed by atoms with van der Waals surface area (Å²) in [6.07, 6.45) is 2.93. The lowest BCUT2D eigenvalue weighted by Crippen LogP contribution is -2.35. The minimum absolute atomic E-state index is 0.176. The Morgan fingerprint density at radius 1 is 0.962 bits per heavy atom. The van der Waals surface area contributed by atoms with Crippen molar-refractivity contribution in [3.8, 4) is 0 Å². The molecule has 2 unspecified atom stereocenters. The van der Waals surface area contributed by atoms with Crippen LogP contribution in [0, 0.1) is 0 Å². The Bertz CT molecular complexity index is 753. The Hall–Kier alpha value is -2.15. The highest BCUT2D eigenvalue weighted by molar-refractivity contribution is 7.93. The predicted octanol–water partition coefficient (Wildman–Crippen LogP) is 2.75. The summed E-state index contributed by atoms with van der Waals surface area (Å²) >= 11 is 0. The van der Waals surface area contributed by atoms with E-state index in [1.54, 1.807) is 30.3 Å². The van der Waals surface area contributed by atoms with E-state index in [0.717, 1.165) is 12.8 Å². The summed E-state index contributed by atoms with van der Waals surface area (Å²) in [5, 5.41) is -2.78. The van der Waals surface area contributed by atoms with Crippen molar-refractivity contribution in [2.45, 2.75) is 43.1 Å². The molecule has 6 nitrogen and oxygen atoms in total. The molecule has 0 N–H and O–H groups in total. The maximum absolute atomic E-state index is 13.1. The molecule has 1 aromatic carbocycles. The van der Waals surface area contributed by atoms with Crippen LogP contribution in [0.25, 0.3) is 0 Å². The number of cyclic esters (lactones) is 2. The minimum atomic E-state index is -4.11. The van der Waals surface area contributed by atoms with Gasteiger partial charge in [0.25, 0.3) is 0 Å². The number of hydrogen-bond acceptors (Lipinski definition) is 6. The van der Waals surface area contributed by atoms with Gasteiger partial charge in [-0.2, -0.15) is 0 Å². The third-order valence-electron chi connectivity index (χ3n) is 4.35. The molecule has 0 amide bonds. The molecule has 2 atom stereocenters. The van der Waals surface area contributed by atoms with E-state index in [1.807, 2.05) is 0 Å². The fraction of sp³-hybridized carbons (Fsp3) is 0.474. The summed E-state index contributed by atoms with van der Waals surface area (Å²) in [5.41, 5.74) is 0.161. The molecule has 7 heteroatoms. The number of benzene rings is 1. The van der Waals surface area contributed by atoms with Gasteiger partial charge in [0.15, 0.2) is 15.1 Å². The van der Waals surface area contributed by atoms with Crippen molar-refractivity contribution in [1.82, 2.24) is 0 Å². The summed E-state index contributed by atoms with van der Waals surface area (Å²) in [7, 11) is -4.11. The number of carbonyl (C=O) groups excluding carboxylic acids is 2. The Morgan fingerprint density at radius 2 is 1.54 bits per heavy atom. The third-order valence-corrected chi connectivity index (χ3v) is 6.74. The Morgan fingerprint density at radius 3 is 2.15 bits per heavy atom. The van der Waals surface area contributed by atoms with E-state index >= 15 is 0 Å². The van der Waals surface area contributed by atoms with Gasteiger partial charge in [-0.05, 0) is 38.2 Å². The summed E-state index contributed by atoms with van der Waals surface area (Å²) < 4.78 is 36.5. The van der Waals surface area contributed by atoms with Crippen LogP contribution in [-0.4, -0.2) is 38.8 Å². The maximum Gasteiger partial charge on any atom is 0.335 e. The van der Waals surface area contributed by atoms with Crippen LogP contribution >= 0.6 is 0 Å². The van der Waals surface area contributed by atoms with Crippen molar-refractivity contribution in [2.75, 3.05) is 13.2 Å². The molecule has 1 aliphatic rings. The molecular weight excluding hydrogens is 356 g/mol. The van der Waals surface area contributed by atoms with Gasteiger partial charge in [0.1, 0.15) is 5.25 Å². The van der Waals surface area contributed by atoms with Gasteiger partial charge >= 0.3 is 11.9 Å². The second-order valence-electron chi connectivity index (χ2n) is 6.26. The minimum Gasteiger partial charge on any atom is -0.465 e. The molecule has 0 bridgehead atoms. The van der Waals surface area contributed by atoms with Crippen LogP contribution < -0.4 is 0 Å². The number of rotatable bonds is 1. The SMILES string of the molecule is C=C1C(=O)OCCCCCCOC(=O)C(C)S(=O)(=O)C1c1ccccc1. The molecule has 2 rings (SSSR count). The van der Waals surface area contributed by atoms with Crippen LogP contribution in [0.15, 0.2) is 42.5 Å². The summed E-state index contributed by atoms with van der Waals surface area (Å²) in [6, 6.07) is 8.23. The number of carbonyl (C=O) groups is 2. The Kier molecular flexibility index (Phi) is 6.97. The summed E-state index contributed by atoms with van der Waals surface area (Å²) in [5.74, 6) is -1.58. The van der Waals surface area contributed by atoms with Crippen LogP contribution in [0.3, 0.4) is 0 Å². The van der Waals surface area contributed by atoms with Crippen LogP contribution in [-0.2, 0) is 28.9 Å². The normalized spacial score (nSPS) is 25.7.